The van der Waals surface area contributed by atoms with Crippen LogP contribution in [0.25, 0.3) is 0 Å². The van der Waals surface area contributed by atoms with Crippen molar-refractivity contribution in [1.82, 2.24) is 0 Å². The summed E-state index contributed by atoms with van der Waals surface area (Å²) < 4.78 is 17.7. The van der Waals surface area contributed by atoms with Crippen LogP contribution in [0.2, 0.25) is 0 Å². The maximum atomic E-state index is 9.95. The topological polar surface area (TPSA) is 58.6 Å². The summed E-state index contributed by atoms with van der Waals surface area (Å²) in [4.78, 5) is 9.95. The van der Waals surface area contributed by atoms with Crippen LogP contribution in [0.3, 0.4) is 0 Å². The van der Waals surface area contributed by atoms with Gasteiger partial charge in [0.25, 0.3) is 7.82 Å². The van der Waals surface area contributed by atoms with Crippen LogP contribution in [0.4, 0.5) is 0 Å². The van der Waals surface area contributed by atoms with Gasteiger partial charge >= 0.3 is 22.4 Å². The fraction of sp³-hybridized carbons (Fsp3) is 1.00. The summed E-state index contributed by atoms with van der Waals surface area (Å²) in [6.07, 6.45) is 0. The standard InChI is InChI=1S/C2H7O4P.Ta/c1-5-7(3,4)6-2;/h1-2H3,(H,3,4);/q;+2/p-1. The number of hydrogen-bond acceptors (Lipinski definition) is 4. The van der Waals surface area contributed by atoms with Gasteiger partial charge in [-0.1, -0.05) is 0 Å². The minimum atomic E-state index is -3.90. The van der Waals surface area contributed by atoms with Crippen LogP contribution in [0.5, 0.6) is 0 Å². The van der Waals surface area contributed by atoms with Crippen molar-refractivity contribution in [3.63, 3.8) is 0 Å². The molecule has 0 aromatic carbocycles. The first-order chi connectivity index (χ1) is 3.12. The second-order valence-electron chi connectivity index (χ2n) is 0.812. The maximum absolute atomic E-state index is 9.95. The molecular weight excluding hydrogens is 300 g/mol. The number of hydrogen-bond donors (Lipinski definition) is 0. The Hall–Kier alpha value is 0.850. The summed E-state index contributed by atoms with van der Waals surface area (Å²) in [5.41, 5.74) is 0. The average Bonchev–Trinajstić information content (AvgIpc) is 1.68. The van der Waals surface area contributed by atoms with E-state index in [4.69, 9.17) is 0 Å². The molecule has 1 radical (unpaired) electrons. The first-order valence-corrected chi connectivity index (χ1v) is 3.01. The van der Waals surface area contributed by atoms with Crippen LogP contribution in [0, 0.1) is 0 Å². The molecule has 0 amide bonds. The quantitative estimate of drug-likeness (QED) is 0.660. The van der Waals surface area contributed by atoms with E-state index in [0.717, 1.165) is 14.2 Å². The largest absolute Gasteiger partial charge is 2.00 e. The molecule has 0 saturated heterocycles. The summed E-state index contributed by atoms with van der Waals surface area (Å²) in [5.74, 6) is 0. The summed E-state index contributed by atoms with van der Waals surface area (Å²) in [5, 5.41) is 0. The summed E-state index contributed by atoms with van der Waals surface area (Å²) in [6, 6.07) is 0. The van der Waals surface area contributed by atoms with E-state index in [1.54, 1.807) is 0 Å². The van der Waals surface area contributed by atoms with Gasteiger partial charge in [0.2, 0.25) is 0 Å². The van der Waals surface area contributed by atoms with Gasteiger partial charge in [0, 0.05) is 14.2 Å². The number of rotatable bonds is 2. The van der Waals surface area contributed by atoms with Crippen LogP contribution < -0.4 is 4.89 Å². The zero-order valence-corrected chi connectivity index (χ0v) is 8.64. The molecule has 0 rings (SSSR count). The number of phosphoric ester groups is 1. The average molecular weight is 306 g/mol. The van der Waals surface area contributed by atoms with Gasteiger partial charge in [0.05, 0.1) is 0 Å². The Morgan fingerprint density at radius 1 is 1.38 bits per heavy atom. The molecule has 0 aromatic rings. The molecule has 0 spiro atoms. The van der Waals surface area contributed by atoms with Crippen molar-refractivity contribution in [2.24, 2.45) is 0 Å². The second kappa shape index (κ2) is 4.70. The van der Waals surface area contributed by atoms with Crippen LogP contribution in [-0.2, 0) is 36.0 Å². The Kier molecular flexibility index (Phi) is 6.83. The zero-order chi connectivity index (χ0) is 5.91. The van der Waals surface area contributed by atoms with Gasteiger partial charge in [0.15, 0.2) is 0 Å². The Labute approximate surface area is 63.3 Å². The molecule has 6 heteroatoms. The van der Waals surface area contributed by atoms with Crippen molar-refractivity contribution in [3.8, 4) is 0 Å². The molecule has 0 N–H and O–H groups in total. The van der Waals surface area contributed by atoms with E-state index in [9.17, 15) is 9.46 Å². The minimum Gasteiger partial charge on any atom is -0.756 e. The molecule has 0 aliphatic rings. The molecule has 8 heavy (non-hydrogen) atoms. The number of phosphoric acid groups is 1. The van der Waals surface area contributed by atoms with E-state index in [-0.39, 0.29) is 22.4 Å². The monoisotopic (exact) mass is 306 g/mol. The molecule has 47 valence electrons. The molecule has 0 aliphatic heterocycles. The predicted octanol–water partition coefficient (Wildman–Crippen LogP) is -0.255. The fourth-order valence-corrected chi connectivity index (χ4v) is 0.224. The molecule has 0 bridgehead atoms. The first kappa shape index (κ1) is 11.6. The summed E-state index contributed by atoms with van der Waals surface area (Å²) >= 11 is 0. The van der Waals surface area contributed by atoms with Gasteiger partial charge in [-0.2, -0.15) is 0 Å². The molecule has 0 aromatic heterocycles. The first-order valence-electron chi connectivity index (χ1n) is 1.55. The van der Waals surface area contributed by atoms with E-state index >= 15 is 0 Å². The Morgan fingerprint density at radius 2 is 1.62 bits per heavy atom. The van der Waals surface area contributed by atoms with E-state index in [0.29, 0.717) is 0 Å². The zero-order valence-electron chi connectivity index (χ0n) is 4.53. The second-order valence-corrected chi connectivity index (χ2v) is 2.44. The van der Waals surface area contributed by atoms with Gasteiger partial charge in [-0.3, -0.25) is 4.57 Å². The van der Waals surface area contributed by atoms with Crippen molar-refractivity contribution in [2.45, 2.75) is 0 Å². The molecule has 0 fully saturated rings. The van der Waals surface area contributed by atoms with Gasteiger partial charge in [-0.05, 0) is 0 Å². The molecule has 0 unspecified atom stereocenters. The smallest absolute Gasteiger partial charge is 0.756 e. The fourth-order valence-electron chi connectivity index (χ4n) is 0.0745. The van der Waals surface area contributed by atoms with E-state index in [2.05, 4.69) is 9.05 Å². The van der Waals surface area contributed by atoms with Gasteiger partial charge in [-0.25, -0.2) is 0 Å². The predicted molar refractivity (Wildman–Crippen MR) is 21.6 cm³/mol. The normalized spacial score (nSPS) is 10.4. The van der Waals surface area contributed by atoms with Crippen LogP contribution in [0.15, 0.2) is 0 Å². The molecule has 0 atom stereocenters. The Bertz CT molecular complexity index is 86.0. The van der Waals surface area contributed by atoms with Crippen molar-refractivity contribution < 1.29 is 40.9 Å². The van der Waals surface area contributed by atoms with E-state index in [1.165, 1.54) is 0 Å². The molecule has 0 heterocycles. The summed E-state index contributed by atoms with van der Waals surface area (Å²) in [6.45, 7) is 0. The van der Waals surface area contributed by atoms with E-state index in [1.807, 2.05) is 0 Å². The van der Waals surface area contributed by atoms with Crippen LogP contribution in [-0.4, -0.2) is 14.2 Å². The van der Waals surface area contributed by atoms with Crippen molar-refractivity contribution in [3.05, 3.63) is 0 Å². The van der Waals surface area contributed by atoms with Crippen molar-refractivity contribution in [2.75, 3.05) is 14.2 Å². The van der Waals surface area contributed by atoms with Gasteiger partial charge < -0.3 is 13.9 Å². The molecule has 0 aliphatic carbocycles. The van der Waals surface area contributed by atoms with Crippen molar-refractivity contribution in [1.29, 1.82) is 0 Å². The Morgan fingerprint density at radius 3 is 1.62 bits per heavy atom. The van der Waals surface area contributed by atoms with E-state index < -0.39 is 7.82 Å². The van der Waals surface area contributed by atoms with Crippen molar-refractivity contribution >= 4 is 7.82 Å². The third-order valence-electron chi connectivity index (χ3n) is 0.447. The molecule has 4 nitrogen and oxygen atoms in total. The minimum absolute atomic E-state index is 0. The van der Waals surface area contributed by atoms with Crippen LogP contribution >= 0.6 is 7.82 Å². The Balaban J connectivity index is 0. The third-order valence-corrected chi connectivity index (χ3v) is 1.34. The summed E-state index contributed by atoms with van der Waals surface area (Å²) in [7, 11) is -1.83. The maximum Gasteiger partial charge on any atom is 2.00 e. The van der Waals surface area contributed by atoms with Gasteiger partial charge in [-0.15, -0.1) is 0 Å². The van der Waals surface area contributed by atoms with Gasteiger partial charge in [0.1, 0.15) is 0 Å². The molecular formula is C2H6O4PTa+. The third kappa shape index (κ3) is 5.00. The molecule has 0 saturated carbocycles. The van der Waals surface area contributed by atoms with Crippen LogP contribution in [0.1, 0.15) is 0 Å². The SMILES string of the molecule is COP(=O)([O-])OC.[Ta+2].